The number of ether oxygens (including phenoxy) is 2. The Kier molecular flexibility index (Phi) is 19.0. The number of carbonyl (C=O) groups excluding carboxylic acids is 1. The summed E-state index contributed by atoms with van der Waals surface area (Å²) in [5, 5.41) is 0. The van der Waals surface area contributed by atoms with Crippen molar-refractivity contribution in [3.05, 3.63) is 0 Å². The van der Waals surface area contributed by atoms with Crippen LogP contribution in [0.1, 0.15) is 117 Å². The Morgan fingerprint density at radius 2 is 1.12 bits per heavy atom. The number of unbranched alkanes of at least 4 members (excludes halogenated alkanes) is 13. The zero-order valence-corrected chi connectivity index (χ0v) is 17.3. The molecule has 0 aromatic carbocycles. The quantitative estimate of drug-likeness (QED) is 0.187. The first-order valence-corrected chi connectivity index (χ1v) is 11.0. The maximum atomic E-state index is 11.4. The Labute approximate surface area is 157 Å². The van der Waals surface area contributed by atoms with Crippen molar-refractivity contribution in [1.82, 2.24) is 0 Å². The molecule has 1 unspecified atom stereocenters. The van der Waals surface area contributed by atoms with Crippen LogP contribution in [0.15, 0.2) is 0 Å². The maximum absolute atomic E-state index is 11.4. The fourth-order valence-corrected chi connectivity index (χ4v) is 2.82. The second kappa shape index (κ2) is 19.6. The van der Waals surface area contributed by atoms with E-state index in [4.69, 9.17) is 9.47 Å². The lowest BCUT2D eigenvalue weighted by molar-refractivity contribution is 0.0445. The Hall–Kier alpha value is -0.730. The van der Waals surface area contributed by atoms with Gasteiger partial charge in [0.15, 0.2) is 0 Å². The van der Waals surface area contributed by atoms with Gasteiger partial charge in [0, 0.05) is 0 Å². The Bertz CT molecular complexity index is 278. The molecule has 0 aliphatic heterocycles. The lowest BCUT2D eigenvalue weighted by atomic mass is 10.0. The molecule has 0 fully saturated rings. The largest absolute Gasteiger partial charge is 0.508 e. The smallest absolute Gasteiger partial charge is 0.434 e. The van der Waals surface area contributed by atoms with E-state index in [1.807, 2.05) is 0 Å². The molecule has 0 aliphatic rings. The van der Waals surface area contributed by atoms with E-state index in [9.17, 15) is 4.79 Å². The van der Waals surface area contributed by atoms with Crippen LogP contribution in [0.25, 0.3) is 0 Å². The van der Waals surface area contributed by atoms with Gasteiger partial charge in [0.05, 0.1) is 13.2 Å². The third-order valence-electron chi connectivity index (χ3n) is 4.90. The van der Waals surface area contributed by atoms with Crippen LogP contribution in [0.3, 0.4) is 0 Å². The molecule has 1 atom stereocenters. The van der Waals surface area contributed by atoms with Gasteiger partial charge in [-0.2, -0.15) is 0 Å². The van der Waals surface area contributed by atoms with Crippen LogP contribution in [0.5, 0.6) is 0 Å². The lowest BCUT2D eigenvalue weighted by Gasteiger charge is -2.09. The molecule has 0 radical (unpaired) electrons. The van der Waals surface area contributed by atoms with E-state index in [-0.39, 0.29) is 0 Å². The van der Waals surface area contributed by atoms with E-state index in [1.54, 1.807) is 0 Å². The number of carbonyl (C=O) groups is 1. The van der Waals surface area contributed by atoms with E-state index >= 15 is 0 Å². The van der Waals surface area contributed by atoms with Crippen LogP contribution in [-0.4, -0.2) is 19.4 Å². The van der Waals surface area contributed by atoms with Crippen LogP contribution in [-0.2, 0) is 9.47 Å². The van der Waals surface area contributed by atoms with E-state index in [0.29, 0.717) is 19.1 Å². The van der Waals surface area contributed by atoms with Gasteiger partial charge in [-0.25, -0.2) is 4.79 Å². The van der Waals surface area contributed by atoms with Gasteiger partial charge < -0.3 is 9.47 Å². The Morgan fingerprint density at radius 1 is 0.680 bits per heavy atom. The van der Waals surface area contributed by atoms with Crippen molar-refractivity contribution in [3.63, 3.8) is 0 Å². The summed E-state index contributed by atoms with van der Waals surface area (Å²) in [6.45, 7) is 7.40. The summed E-state index contributed by atoms with van der Waals surface area (Å²) in [6, 6.07) is 0. The molecule has 150 valence electrons. The monoisotopic (exact) mass is 356 g/mol. The van der Waals surface area contributed by atoms with Gasteiger partial charge in [-0.05, 0) is 12.3 Å². The van der Waals surface area contributed by atoms with Crippen molar-refractivity contribution < 1.29 is 14.3 Å². The van der Waals surface area contributed by atoms with Crippen molar-refractivity contribution >= 4 is 6.16 Å². The molecular weight excluding hydrogens is 312 g/mol. The van der Waals surface area contributed by atoms with Gasteiger partial charge in [0.1, 0.15) is 0 Å². The van der Waals surface area contributed by atoms with Gasteiger partial charge >= 0.3 is 6.16 Å². The summed E-state index contributed by atoms with van der Waals surface area (Å²) in [4.78, 5) is 11.4. The van der Waals surface area contributed by atoms with E-state index in [1.165, 1.54) is 77.0 Å². The van der Waals surface area contributed by atoms with Gasteiger partial charge in [-0.15, -0.1) is 0 Å². The minimum Gasteiger partial charge on any atom is -0.434 e. The summed E-state index contributed by atoms with van der Waals surface area (Å²) in [5.41, 5.74) is 0. The average molecular weight is 357 g/mol. The summed E-state index contributed by atoms with van der Waals surface area (Å²) in [6.07, 6.45) is 19.2. The predicted molar refractivity (Wildman–Crippen MR) is 107 cm³/mol. The molecule has 3 nitrogen and oxygen atoms in total. The number of hydrogen-bond acceptors (Lipinski definition) is 3. The van der Waals surface area contributed by atoms with Crippen LogP contribution < -0.4 is 0 Å². The highest BCUT2D eigenvalue weighted by Crippen LogP contribution is 2.13. The van der Waals surface area contributed by atoms with Crippen molar-refractivity contribution in [1.29, 1.82) is 0 Å². The summed E-state index contributed by atoms with van der Waals surface area (Å²) >= 11 is 0. The van der Waals surface area contributed by atoms with E-state index in [2.05, 4.69) is 20.8 Å². The normalized spacial score (nSPS) is 12.1. The first-order chi connectivity index (χ1) is 12.2. The van der Waals surface area contributed by atoms with E-state index < -0.39 is 6.16 Å². The number of hydrogen-bond donors (Lipinski definition) is 0. The van der Waals surface area contributed by atoms with Crippen LogP contribution in [0, 0.1) is 5.92 Å². The first kappa shape index (κ1) is 24.3. The molecular formula is C22H44O3. The fraction of sp³-hybridized carbons (Fsp3) is 0.955. The van der Waals surface area contributed by atoms with Crippen molar-refractivity contribution in [2.45, 2.75) is 117 Å². The maximum Gasteiger partial charge on any atom is 0.508 e. The zero-order valence-electron chi connectivity index (χ0n) is 17.3. The third kappa shape index (κ3) is 19.4. The topological polar surface area (TPSA) is 35.5 Å². The summed E-state index contributed by atoms with van der Waals surface area (Å²) in [5.74, 6) is 0.411. The highest BCUT2D eigenvalue weighted by atomic mass is 16.7. The first-order valence-electron chi connectivity index (χ1n) is 11.0. The van der Waals surface area contributed by atoms with Crippen LogP contribution in [0.2, 0.25) is 0 Å². The lowest BCUT2D eigenvalue weighted by Crippen LogP contribution is -2.13. The van der Waals surface area contributed by atoms with Gasteiger partial charge in [0.25, 0.3) is 0 Å². The predicted octanol–water partition coefficient (Wildman–Crippen LogP) is 7.67. The van der Waals surface area contributed by atoms with Gasteiger partial charge in [-0.3, -0.25) is 0 Å². The molecule has 0 aromatic heterocycles. The second-order valence-electron chi connectivity index (χ2n) is 7.52. The summed E-state index contributed by atoms with van der Waals surface area (Å²) in [7, 11) is 0. The molecule has 0 N–H and O–H groups in total. The van der Waals surface area contributed by atoms with Gasteiger partial charge in [-0.1, -0.05) is 111 Å². The van der Waals surface area contributed by atoms with Crippen molar-refractivity contribution in [2.75, 3.05) is 13.2 Å². The molecule has 0 amide bonds. The standard InChI is InChI=1S/C22H44O3/c1-4-6-7-8-9-10-11-12-13-14-15-16-17-18-19-24-22(23)25-20-21(3)5-2/h21H,4-20H2,1-3H3. The molecule has 0 spiro atoms. The van der Waals surface area contributed by atoms with Crippen molar-refractivity contribution in [3.8, 4) is 0 Å². The third-order valence-corrected chi connectivity index (χ3v) is 4.90. The fourth-order valence-electron chi connectivity index (χ4n) is 2.82. The molecule has 0 saturated heterocycles. The molecule has 0 aromatic rings. The highest BCUT2D eigenvalue weighted by Gasteiger charge is 2.06. The number of rotatable bonds is 18. The SMILES string of the molecule is CCCCCCCCCCCCCCCCOC(=O)OCC(C)CC. The molecule has 25 heavy (non-hydrogen) atoms. The minimum atomic E-state index is -0.505. The Morgan fingerprint density at radius 3 is 1.56 bits per heavy atom. The molecule has 0 heterocycles. The van der Waals surface area contributed by atoms with Gasteiger partial charge in [0.2, 0.25) is 0 Å². The van der Waals surface area contributed by atoms with Crippen LogP contribution >= 0.6 is 0 Å². The van der Waals surface area contributed by atoms with Crippen LogP contribution in [0.4, 0.5) is 4.79 Å². The Balaban J connectivity index is 3.12. The average Bonchev–Trinajstić information content (AvgIpc) is 2.62. The molecule has 0 bridgehead atoms. The van der Waals surface area contributed by atoms with E-state index in [0.717, 1.165) is 19.3 Å². The highest BCUT2D eigenvalue weighted by molar-refractivity contribution is 5.59. The minimum absolute atomic E-state index is 0.411. The van der Waals surface area contributed by atoms with Crippen molar-refractivity contribution in [2.24, 2.45) is 5.92 Å². The molecule has 3 heteroatoms. The second-order valence-corrected chi connectivity index (χ2v) is 7.52. The zero-order chi connectivity index (χ0) is 18.6. The molecule has 0 saturated carbocycles. The molecule has 0 aliphatic carbocycles. The molecule has 0 rings (SSSR count). The summed E-state index contributed by atoms with van der Waals surface area (Å²) < 4.78 is 10.1.